The summed E-state index contributed by atoms with van der Waals surface area (Å²) in [6.45, 7) is 0. The van der Waals surface area contributed by atoms with Crippen LogP contribution in [0.3, 0.4) is 0 Å². The summed E-state index contributed by atoms with van der Waals surface area (Å²) < 4.78 is 10.7. The van der Waals surface area contributed by atoms with Gasteiger partial charge in [-0.05, 0) is 36.4 Å². The molecule has 0 bridgehead atoms. The number of ether oxygens (including phenoxy) is 2. The topological polar surface area (TPSA) is 87.6 Å². The molecule has 5 heteroatoms. The lowest BCUT2D eigenvalue weighted by molar-refractivity contribution is 0.100. The second-order valence-corrected chi connectivity index (χ2v) is 3.89. The molecule has 0 saturated heterocycles. The van der Waals surface area contributed by atoms with E-state index in [0.717, 1.165) is 0 Å². The lowest BCUT2D eigenvalue weighted by Gasteiger charge is -2.10. The highest BCUT2D eigenvalue weighted by Crippen LogP contribution is 2.30. The molecule has 0 aliphatic rings. The van der Waals surface area contributed by atoms with Gasteiger partial charge in [0.25, 0.3) is 0 Å². The minimum absolute atomic E-state index is 0.426. The van der Waals surface area contributed by atoms with Crippen molar-refractivity contribution in [3.8, 4) is 17.2 Å². The van der Waals surface area contributed by atoms with Gasteiger partial charge >= 0.3 is 0 Å². The van der Waals surface area contributed by atoms with E-state index in [1.807, 2.05) is 0 Å². The largest absolute Gasteiger partial charge is 0.497 e. The Hall–Kier alpha value is -2.69. The number of carbonyl (C=O) groups is 1. The third kappa shape index (κ3) is 2.95. The van der Waals surface area contributed by atoms with Crippen LogP contribution < -0.4 is 20.9 Å². The molecule has 0 aliphatic heterocycles. The molecule has 0 heterocycles. The minimum atomic E-state index is -0.476. The molecule has 2 aromatic carbocycles. The van der Waals surface area contributed by atoms with Gasteiger partial charge in [-0.3, -0.25) is 4.79 Å². The second kappa shape index (κ2) is 5.30. The first-order chi connectivity index (χ1) is 9.10. The van der Waals surface area contributed by atoms with Gasteiger partial charge in [0.1, 0.15) is 11.5 Å². The van der Waals surface area contributed by atoms with Crippen LogP contribution in [0.25, 0.3) is 0 Å². The van der Waals surface area contributed by atoms with Gasteiger partial charge in [0.2, 0.25) is 5.91 Å². The number of nitrogen functional groups attached to an aromatic ring is 1. The van der Waals surface area contributed by atoms with Gasteiger partial charge in [0.05, 0.1) is 12.8 Å². The summed E-state index contributed by atoms with van der Waals surface area (Å²) in [5.74, 6) is 1.28. The first kappa shape index (κ1) is 12.8. The lowest BCUT2D eigenvalue weighted by atomic mass is 10.2. The van der Waals surface area contributed by atoms with Crippen molar-refractivity contribution in [3.63, 3.8) is 0 Å². The third-order valence-corrected chi connectivity index (χ3v) is 2.58. The summed E-state index contributed by atoms with van der Waals surface area (Å²) >= 11 is 0. The smallest absolute Gasteiger partial charge is 0.248 e. The van der Waals surface area contributed by atoms with Gasteiger partial charge in [0, 0.05) is 11.6 Å². The van der Waals surface area contributed by atoms with E-state index in [-0.39, 0.29) is 0 Å². The van der Waals surface area contributed by atoms with Crippen molar-refractivity contribution in [2.75, 3.05) is 12.8 Å². The molecule has 0 fully saturated rings. The SMILES string of the molecule is COc1ccc(Oc2ccc(C(N)=O)cc2)c(N)c1. The van der Waals surface area contributed by atoms with Crippen molar-refractivity contribution in [1.82, 2.24) is 0 Å². The van der Waals surface area contributed by atoms with E-state index in [1.165, 1.54) is 0 Å². The molecule has 0 saturated carbocycles. The van der Waals surface area contributed by atoms with Crippen molar-refractivity contribution >= 4 is 11.6 Å². The zero-order valence-corrected chi connectivity index (χ0v) is 10.4. The monoisotopic (exact) mass is 258 g/mol. The van der Waals surface area contributed by atoms with E-state index in [9.17, 15) is 4.79 Å². The average Bonchev–Trinajstić information content (AvgIpc) is 2.41. The van der Waals surface area contributed by atoms with Crippen LogP contribution in [0.1, 0.15) is 10.4 Å². The van der Waals surface area contributed by atoms with Crippen LogP contribution >= 0.6 is 0 Å². The van der Waals surface area contributed by atoms with Gasteiger partial charge in [-0.15, -0.1) is 0 Å². The van der Waals surface area contributed by atoms with Crippen LogP contribution in [-0.4, -0.2) is 13.0 Å². The summed E-state index contributed by atoms with van der Waals surface area (Å²) in [6.07, 6.45) is 0. The maximum atomic E-state index is 10.9. The number of hydrogen-bond acceptors (Lipinski definition) is 4. The van der Waals surface area contributed by atoms with E-state index in [4.69, 9.17) is 20.9 Å². The number of hydrogen-bond donors (Lipinski definition) is 2. The summed E-state index contributed by atoms with van der Waals surface area (Å²) in [6, 6.07) is 11.6. The molecule has 4 N–H and O–H groups in total. The molecule has 0 aliphatic carbocycles. The van der Waals surface area contributed by atoms with E-state index in [2.05, 4.69) is 0 Å². The van der Waals surface area contributed by atoms with Crippen molar-refractivity contribution in [1.29, 1.82) is 0 Å². The average molecular weight is 258 g/mol. The maximum absolute atomic E-state index is 10.9. The number of benzene rings is 2. The van der Waals surface area contributed by atoms with Gasteiger partial charge in [-0.1, -0.05) is 0 Å². The quantitative estimate of drug-likeness (QED) is 0.823. The number of primary amides is 1. The molecule has 0 unspecified atom stereocenters. The Bertz CT molecular complexity index is 594. The van der Waals surface area contributed by atoms with E-state index in [1.54, 1.807) is 49.6 Å². The molecular weight excluding hydrogens is 244 g/mol. The number of methoxy groups -OCH3 is 1. The van der Waals surface area contributed by atoms with Crippen molar-refractivity contribution < 1.29 is 14.3 Å². The predicted octanol–water partition coefficient (Wildman–Crippen LogP) is 2.17. The van der Waals surface area contributed by atoms with Crippen LogP contribution in [0.5, 0.6) is 17.2 Å². The number of rotatable bonds is 4. The van der Waals surface area contributed by atoms with Crippen molar-refractivity contribution in [2.45, 2.75) is 0 Å². The molecule has 5 nitrogen and oxygen atoms in total. The van der Waals surface area contributed by atoms with Gasteiger partial charge in [0.15, 0.2) is 5.75 Å². The Labute approximate surface area is 110 Å². The molecule has 1 amide bonds. The number of anilines is 1. The highest BCUT2D eigenvalue weighted by molar-refractivity contribution is 5.92. The number of carbonyl (C=O) groups excluding carboxylic acids is 1. The fourth-order valence-electron chi connectivity index (χ4n) is 1.56. The normalized spacial score (nSPS) is 9.95. The summed E-state index contributed by atoms with van der Waals surface area (Å²) in [7, 11) is 1.57. The number of amides is 1. The summed E-state index contributed by atoms with van der Waals surface area (Å²) in [5.41, 5.74) is 11.9. The first-order valence-electron chi connectivity index (χ1n) is 5.61. The Morgan fingerprint density at radius 2 is 1.68 bits per heavy atom. The van der Waals surface area contributed by atoms with Crippen molar-refractivity contribution in [3.05, 3.63) is 48.0 Å². The molecule has 0 spiro atoms. The summed E-state index contributed by atoms with van der Waals surface area (Å²) in [4.78, 5) is 10.9. The first-order valence-corrected chi connectivity index (χ1v) is 5.61. The molecule has 2 aromatic rings. The molecule has 2 rings (SSSR count). The highest BCUT2D eigenvalue weighted by Gasteiger charge is 2.05. The van der Waals surface area contributed by atoms with E-state index in [0.29, 0.717) is 28.5 Å². The van der Waals surface area contributed by atoms with Gasteiger partial charge < -0.3 is 20.9 Å². The minimum Gasteiger partial charge on any atom is -0.497 e. The molecule has 0 atom stereocenters. The van der Waals surface area contributed by atoms with Crippen LogP contribution in [0.15, 0.2) is 42.5 Å². The fraction of sp³-hybridized carbons (Fsp3) is 0.0714. The molecular formula is C14H14N2O3. The Kier molecular flexibility index (Phi) is 3.56. The van der Waals surface area contributed by atoms with Crippen LogP contribution in [-0.2, 0) is 0 Å². The highest BCUT2D eigenvalue weighted by atomic mass is 16.5. The molecule has 0 radical (unpaired) electrons. The second-order valence-electron chi connectivity index (χ2n) is 3.89. The summed E-state index contributed by atoms with van der Waals surface area (Å²) in [5, 5.41) is 0. The van der Waals surface area contributed by atoms with Crippen LogP contribution in [0.4, 0.5) is 5.69 Å². The Morgan fingerprint density at radius 1 is 1.05 bits per heavy atom. The Balaban J connectivity index is 2.19. The number of nitrogens with two attached hydrogens (primary N) is 2. The molecule has 98 valence electrons. The third-order valence-electron chi connectivity index (χ3n) is 2.58. The lowest BCUT2D eigenvalue weighted by Crippen LogP contribution is -2.10. The molecule has 19 heavy (non-hydrogen) atoms. The zero-order chi connectivity index (χ0) is 13.8. The Morgan fingerprint density at radius 3 is 2.21 bits per heavy atom. The fourth-order valence-corrected chi connectivity index (χ4v) is 1.56. The molecule has 0 aromatic heterocycles. The van der Waals surface area contributed by atoms with E-state index >= 15 is 0 Å². The maximum Gasteiger partial charge on any atom is 0.248 e. The predicted molar refractivity (Wildman–Crippen MR) is 72.4 cm³/mol. The standard InChI is InChI=1S/C14H14N2O3/c1-18-11-6-7-13(12(15)8-11)19-10-4-2-9(3-5-10)14(16)17/h2-8H,15H2,1H3,(H2,16,17). The van der Waals surface area contributed by atoms with Crippen molar-refractivity contribution in [2.24, 2.45) is 5.73 Å². The van der Waals surface area contributed by atoms with Gasteiger partial charge in [-0.2, -0.15) is 0 Å². The van der Waals surface area contributed by atoms with Crippen LogP contribution in [0.2, 0.25) is 0 Å². The van der Waals surface area contributed by atoms with Crippen LogP contribution in [0, 0.1) is 0 Å². The van der Waals surface area contributed by atoms with E-state index < -0.39 is 5.91 Å². The zero-order valence-electron chi connectivity index (χ0n) is 10.4. The van der Waals surface area contributed by atoms with Gasteiger partial charge in [-0.25, -0.2) is 0 Å².